The van der Waals surface area contributed by atoms with E-state index in [2.05, 4.69) is 5.32 Å². The molecule has 2 aromatic rings. The molecule has 0 aromatic heterocycles. The monoisotopic (exact) mass is 303 g/mol. The topological polar surface area (TPSA) is 12.0 Å². The third kappa shape index (κ3) is 3.08. The van der Waals surface area contributed by atoms with Gasteiger partial charge < -0.3 is 5.32 Å². The van der Waals surface area contributed by atoms with Crippen LogP contribution in [0, 0.1) is 5.82 Å². The van der Waals surface area contributed by atoms with Crippen LogP contribution in [0.25, 0.3) is 0 Å². The van der Waals surface area contributed by atoms with E-state index < -0.39 is 0 Å². The van der Waals surface area contributed by atoms with Crippen LogP contribution < -0.4 is 5.32 Å². The van der Waals surface area contributed by atoms with Gasteiger partial charge in [-0.3, -0.25) is 0 Å². The van der Waals surface area contributed by atoms with E-state index in [1.165, 1.54) is 6.07 Å². The van der Waals surface area contributed by atoms with Gasteiger partial charge in [0.25, 0.3) is 0 Å². The molecule has 18 heavy (non-hydrogen) atoms. The van der Waals surface area contributed by atoms with Gasteiger partial charge in [0, 0.05) is 22.2 Å². The summed E-state index contributed by atoms with van der Waals surface area (Å²) >= 11 is 17.7. The normalized spacial score (nSPS) is 10.4. The lowest BCUT2D eigenvalue weighted by Gasteiger charge is -2.10. The summed E-state index contributed by atoms with van der Waals surface area (Å²) in [5.41, 5.74) is 1.09. The Morgan fingerprint density at radius 2 is 1.78 bits per heavy atom. The van der Waals surface area contributed by atoms with Gasteiger partial charge in [-0.05, 0) is 30.3 Å². The van der Waals surface area contributed by atoms with Crippen molar-refractivity contribution in [3.63, 3.8) is 0 Å². The van der Waals surface area contributed by atoms with Crippen LogP contribution in [0.1, 0.15) is 5.56 Å². The minimum absolute atomic E-state index is 0.257. The molecule has 5 heteroatoms. The third-order valence-corrected chi connectivity index (χ3v) is 3.35. The summed E-state index contributed by atoms with van der Waals surface area (Å²) in [6, 6.07) is 9.64. The number of benzene rings is 2. The molecule has 1 nitrogen and oxygen atoms in total. The summed E-state index contributed by atoms with van der Waals surface area (Å²) in [5, 5.41) is 4.44. The summed E-state index contributed by atoms with van der Waals surface area (Å²) in [7, 11) is 0. The standard InChI is InChI=1S/C13H9Cl3FN/c14-8-4-5-13(11(16)6-8)18-7-9-10(15)2-1-3-12(9)17/h1-6,18H,7H2. The molecule has 1 N–H and O–H groups in total. The van der Waals surface area contributed by atoms with Crippen molar-refractivity contribution in [1.82, 2.24) is 0 Å². The van der Waals surface area contributed by atoms with Crippen molar-refractivity contribution in [2.45, 2.75) is 6.54 Å². The van der Waals surface area contributed by atoms with Crippen molar-refractivity contribution in [1.29, 1.82) is 0 Å². The Bertz CT molecular complexity index is 552. The Hall–Kier alpha value is -0.960. The van der Waals surface area contributed by atoms with Gasteiger partial charge in [-0.1, -0.05) is 40.9 Å². The number of hydrogen-bond acceptors (Lipinski definition) is 1. The number of anilines is 1. The van der Waals surface area contributed by atoms with Crippen LogP contribution in [-0.4, -0.2) is 0 Å². The first-order valence-corrected chi connectivity index (χ1v) is 6.33. The van der Waals surface area contributed by atoms with Crippen molar-refractivity contribution >= 4 is 40.5 Å². The fourth-order valence-electron chi connectivity index (χ4n) is 1.52. The summed E-state index contributed by atoms with van der Waals surface area (Å²) in [4.78, 5) is 0. The van der Waals surface area contributed by atoms with Crippen LogP contribution >= 0.6 is 34.8 Å². The Balaban J connectivity index is 2.16. The number of halogens is 4. The van der Waals surface area contributed by atoms with E-state index in [0.29, 0.717) is 26.3 Å². The predicted molar refractivity (Wildman–Crippen MR) is 75.2 cm³/mol. The average Bonchev–Trinajstić information content (AvgIpc) is 2.31. The first-order valence-electron chi connectivity index (χ1n) is 5.20. The second kappa shape index (κ2) is 5.79. The maximum Gasteiger partial charge on any atom is 0.129 e. The molecule has 0 fully saturated rings. The lowest BCUT2D eigenvalue weighted by atomic mass is 10.2. The summed E-state index contributed by atoms with van der Waals surface area (Å²) in [6.07, 6.45) is 0. The van der Waals surface area contributed by atoms with Gasteiger partial charge in [-0.15, -0.1) is 0 Å². The maximum absolute atomic E-state index is 13.5. The minimum atomic E-state index is -0.347. The van der Waals surface area contributed by atoms with Crippen molar-refractivity contribution in [3.05, 3.63) is 62.8 Å². The van der Waals surface area contributed by atoms with Gasteiger partial charge in [0.15, 0.2) is 0 Å². The molecule has 0 saturated heterocycles. The molecule has 0 amide bonds. The molecule has 0 radical (unpaired) electrons. The molecule has 94 valence electrons. The van der Waals surface area contributed by atoms with E-state index in [1.54, 1.807) is 30.3 Å². The zero-order valence-corrected chi connectivity index (χ0v) is 11.5. The smallest absolute Gasteiger partial charge is 0.129 e. The lowest BCUT2D eigenvalue weighted by molar-refractivity contribution is 0.613. The van der Waals surface area contributed by atoms with Gasteiger partial charge >= 0.3 is 0 Å². The molecule has 0 heterocycles. The van der Waals surface area contributed by atoms with Crippen LogP contribution in [0.2, 0.25) is 15.1 Å². The van der Waals surface area contributed by atoms with Gasteiger partial charge in [0.05, 0.1) is 10.7 Å². The molecule has 0 spiro atoms. The quantitative estimate of drug-likeness (QED) is 0.800. The highest BCUT2D eigenvalue weighted by Crippen LogP contribution is 2.27. The van der Waals surface area contributed by atoms with Crippen molar-refractivity contribution in [2.24, 2.45) is 0 Å². The van der Waals surface area contributed by atoms with Crippen molar-refractivity contribution < 1.29 is 4.39 Å². The summed E-state index contributed by atoms with van der Waals surface area (Å²) in [6.45, 7) is 0.257. The van der Waals surface area contributed by atoms with E-state index >= 15 is 0 Å². The Kier molecular flexibility index (Phi) is 4.33. The van der Waals surface area contributed by atoms with E-state index in [9.17, 15) is 4.39 Å². The molecular weight excluding hydrogens is 296 g/mol. The largest absolute Gasteiger partial charge is 0.380 e. The number of nitrogens with one attached hydrogen (secondary N) is 1. The van der Waals surface area contributed by atoms with E-state index in [4.69, 9.17) is 34.8 Å². The molecule has 0 unspecified atom stereocenters. The average molecular weight is 305 g/mol. The van der Waals surface area contributed by atoms with Crippen LogP contribution in [-0.2, 0) is 6.54 Å². The summed E-state index contributed by atoms with van der Waals surface area (Å²) in [5.74, 6) is -0.347. The first kappa shape index (κ1) is 13.5. The van der Waals surface area contributed by atoms with Crippen LogP contribution in [0.15, 0.2) is 36.4 Å². The zero-order chi connectivity index (χ0) is 13.1. The first-order chi connectivity index (χ1) is 8.58. The number of hydrogen-bond donors (Lipinski definition) is 1. The van der Waals surface area contributed by atoms with Crippen molar-refractivity contribution in [3.8, 4) is 0 Å². The summed E-state index contributed by atoms with van der Waals surface area (Å²) < 4.78 is 13.5. The van der Waals surface area contributed by atoms with E-state index in [0.717, 1.165) is 0 Å². The van der Waals surface area contributed by atoms with Crippen LogP contribution in [0.4, 0.5) is 10.1 Å². The molecule has 0 aliphatic rings. The Morgan fingerprint density at radius 1 is 1.00 bits per heavy atom. The lowest BCUT2D eigenvalue weighted by Crippen LogP contribution is -2.03. The highest BCUT2D eigenvalue weighted by Gasteiger charge is 2.07. The second-order valence-corrected chi connectivity index (χ2v) is 4.93. The molecule has 0 saturated carbocycles. The zero-order valence-electron chi connectivity index (χ0n) is 9.18. The Labute approximate surface area is 119 Å². The highest BCUT2D eigenvalue weighted by molar-refractivity contribution is 6.36. The molecule has 2 rings (SSSR count). The predicted octanol–water partition coefficient (Wildman–Crippen LogP) is 5.40. The second-order valence-electron chi connectivity index (χ2n) is 3.68. The highest BCUT2D eigenvalue weighted by atomic mass is 35.5. The fourth-order valence-corrected chi connectivity index (χ4v) is 2.22. The van der Waals surface area contributed by atoms with E-state index in [1.807, 2.05) is 0 Å². The maximum atomic E-state index is 13.5. The SMILES string of the molecule is Fc1cccc(Cl)c1CNc1ccc(Cl)cc1Cl. The number of rotatable bonds is 3. The molecule has 0 aliphatic heterocycles. The van der Waals surface area contributed by atoms with Gasteiger partial charge in [-0.2, -0.15) is 0 Å². The van der Waals surface area contributed by atoms with Gasteiger partial charge in [0.1, 0.15) is 5.82 Å². The Morgan fingerprint density at radius 3 is 2.44 bits per heavy atom. The van der Waals surface area contributed by atoms with Crippen LogP contribution in [0.3, 0.4) is 0 Å². The molecule has 0 aliphatic carbocycles. The van der Waals surface area contributed by atoms with E-state index in [-0.39, 0.29) is 12.4 Å². The molecule has 0 bridgehead atoms. The van der Waals surface area contributed by atoms with Gasteiger partial charge in [0.2, 0.25) is 0 Å². The molecule has 0 atom stereocenters. The third-order valence-electron chi connectivity index (χ3n) is 2.45. The molecular formula is C13H9Cl3FN. The van der Waals surface area contributed by atoms with Gasteiger partial charge in [-0.25, -0.2) is 4.39 Å². The van der Waals surface area contributed by atoms with Crippen LogP contribution in [0.5, 0.6) is 0 Å². The van der Waals surface area contributed by atoms with Crippen molar-refractivity contribution in [2.75, 3.05) is 5.32 Å². The molecule has 2 aromatic carbocycles. The minimum Gasteiger partial charge on any atom is -0.380 e. The fraction of sp³-hybridized carbons (Fsp3) is 0.0769.